The molecule has 0 spiro atoms. The Bertz CT molecular complexity index is 697. The van der Waals surface area contributed by atoms with E-state index >= 15 is 0 Å². The molecule has 0 aliphatic heterocycles. The standard InChI is InChI=1S/C16H14Cl3NS/c1-3-4-12(7-10(2)17)16-15(20-9-21-16)11-5-6-13(18)14(19)8-11/h4-9H,3H2,1-2H3/b10-7+,12-4+. The third kappa shape index (κ3) is 4.10. The minimum atomic E-state index is 0.526. The molecular formula is C16H14Cl3NS. The molecule has 0 saturated carbocycles. The van der Waals surface area contributed by atoms with Gasteiger partial charge in [0.15, 0.2) is 0 Å². The molecular weight excluding hydrogens is 345 g/mol. The first-order valence-electron chi connectivity index (χ1n) is 6.46. The number of rotatable bonds is 4. The predicted octanol–water partition coefficient (Wildman–Crippen LogP) is 7.05. The van der Waals surface area contributed by atoms with Gasteiger partial charge in [0, 0.05) is 10.6 Å². The lowest BCUT2D eigenvalue weighted by atomic mass is 10.1. The van der Waals surface area contributed by atoms with Gasteiger partial charge < -0.3 is 0 Å². The topological polar surface area (TPSA) is 12.9 Å². The van der Waals surface area contributed by atoms with Crippen LogP contribution >= 0.6 is 46.1 Å². The Hall–Kier alpha value is -0.800. The monoisotopic (exact) mass is 357 g/mol. The molecule has 1 aromatic heterocycles. The van der Waals surface area contributed by atoms with E-state index in [0.29, 0.717) is 10.0 Å². The van der Waals surface area contributed by atoms with E-state index in [0.717, 1.165) is 33.2 Å². The van der Waals surface area contributed by atoms with Crippen molar-refractivity contribution in [2.45, 2.75) is 20.3 Å². The zero-order valence-corrected chi connectivity index (χ0v) is 14.7. The molecule has 1 aromatic carbocycles. The summed E-state index contributed by atoms with van der Waals surface area (Å²) in [5, 5.41) is 1.81. The lowest BCUT2D eigenvalue weighted by molar-refractivity contribution is 1.23. The smallest absolute Gasteiger partial charge is 0.0890 e. The number of aromatic nitrogens is 1. The molecule has 0 saturated heterocycles. The van der Waals surface area contributed by atoms with Crippen molar-refractivity contribution in [2.24, 2.45) is 0 Å². The predicted molar refractivity (Wildman–Crippen MR) is 95.4 cm³/mol. The molecule has 2 aromatic rings. The number of halogens is 3. The second-order valence-electron chi connectivity index (χ2n) is 4.46. The maximum Gasteiger partial charge on any atom is 0.0890 e. The SMILES string of the molecule is CC/C=C(\C=C(/C)Cl)c1scnc1-c1ccc(Cl)c(Cl)c1. The van der Waals surface area contributed by atoms with Crippen LogP contribution in [0.25, 0.3) is 16.8 Å². The van der Waals surface area contributed by atoms with Gasteiger partial charge in [0.25, 0.3) is 0 Å². The van der Waals surface area contributed by atoms with E-state index in [-0.39, 0.29) is 0 Å². The molecule has 21 heavy (non-hydrogen) atoms. The van der Waals surface area contributed by atoms with Crippen molar-refractivity contribution < 1.29 is 0 Å². The van der Waals surface area contributed by atoms with Crippen LogP contribution in [-0.2, 0) is 0 Å². The van der Waals surface area contributed by atoms with Crippen molar-refractivity contribution in [2.75, 3.05) is 0 Å². The first kappa shape index (κ1) is 16.6. The lowest BCUT2D eigenvalue weighted by Gasteiger charge is -2.06. The molecule has 110 valence electrons. The first-order chi connectivity index (χ1) is 10.0. The van der Waals surface area contributed by atoms with Gasteiger partial charge in [-0.1, -0.05) is 53.9 Å². The Morgan fingerprint density at radius 3 is 2.67 bits per heavy atom. The van der Waals surface area contributed by atoms with Gasteiger partial charge in [-0.25, -0.2) is 4.98 Å². The highest BCUT2D eigenvalue weighted by atomic mass is 35.5. The number of benzene rings is 1. The van der Waals surface area contributed by atoms with Gasteiger partial charge in [-0.05, 0) is 37.1 Å². The fraction of sp³-hybridized carbons (Fsp3) is 0.188. The van der Waals surface area contributed by atoms with Crippen molar-refractivity contribution in [3.8, 4) is 11.3 Å². The van der Waals surface area contributed by atoms with E-state index in [9.17, 15) is 0 Å². The number of hydrogen-bond donors (Lipinski definition) is 0. The van der Waals surface area contributed by atoms with Gasteiger partial charge >= 0.3 is 0 Å². The van der Waals surface area contributed by atoms with Crippen molar-refractivity contribution in [3.63, 3.8) is 0 Å². The summed E-state index contributed by atoms with van der Waals surface area (Å²) in [6.45, 7) is 3.96. The molecule has 0 bridgehead atoms. The Kier molecular flexibility index (Phi) is 5.88. The second-order valence-corrected chi connectivity index (χ2v) is 6.72. The van der Waals surface area contributed by atoms with E-state index in [1.807, 2.05) is 30.6 Å². The summed E-state index contributed by atoms with van der Waals surface area (Å²) in [5.74, 6) is 0. The number of allylic oxidation sites excluding steroid dienone is 4. The van der Waals surface area contributed by atoms with E-state index in [1.54, 1.807) is 17.4 Å². The zero-order valence-electron chi connectivity index (χ0n) is 11.7. The second kappa shape index (κ2) is 7.46. The van der Waals surface area contributed by atoms with Crippen molar-refractivity contribution >= 4 is 51.7 Å². The molecule has 0 radical (unpaired) electrons. The average molecular weight is 359 g/mol. The maximum atomic E-state index is 6.10. The summed E-state index contributed by atoms with van der Waals surface area (Å²) in [5.41, 5.74) is 4.75. The van der Waals surface area contributed by atoms with Gasteiger partial charge in [0.05, 0.1) is 26.1 Å². The summed E-state index contributed by atoms with van der Waals surface area (Å²) in [6.07, 6.45) is 5.02. The van der Waals surface area contributed by atoms with Gasteiger partial charge in [-0.15, -0.1) is 11.3 Å². The molecule has 0 N–H and O–H groups in total. The number of nitrogens with zero attached hydrogens (tertiary/aromatic N) is 1. The van der Waals surface area contributed by atoms with Crippen LogP contribution in [-0.4, -0.2) is 4.98 Å². The lowest BCUT2D eigenvalue weighted by Crippen LogP contribution is -1.85. The molecule has 0 aliphatic rings. The minimum Gasteiger partial charge on any atom is -0.244 e. The molecule has 2 rings (SSSR count). The first-order valence-corrected chi connectivity index (χ1v) is 8.47. The van der Waals surface area contributed by atoms with Crippen LogP contribution in [0.2, 0.25) is 10.0 Å². The summed E-state index contributed by atoms with van der Waals surface area (Å²) in [7, 11) is 0. The van der Waals surface area contributed by atoms with Crippen LogP contribution in [0.4, 0.5) is 0 Å². The fourth-order valence-corrected chi connectivity index (χ4v) is 3.19. The van der Waals surface area contributed by atoms with E-state index in [4.69, 9.17) is 34.8 Å². The zero-order chi connectivity index (χ0) is 15.4. The highest BCUT2D eigenvalue weighted by molar-refractivity contribution is 7.11. The average Bonchev–Trinajstić information content (AvgIpc) is 2.90. The number of hydrogen-bond acceptors (Lipinski definition) is 2. The molecule has 0 fully saturated rings. The summed E-state index contributed by atoms with van der Waals surface area (Å²) in [6, 6.07) is 5.55. The third-order valence-electron chi connectivity index (χ3n) is 2.80. The highest BCUT2D eigenvalue weighted by Crippen LogP contribution is 2.35. The van der Waals surface area contributed by atoms with Crippen molar-refractivity contribution in [3.05, 3.63) is 55.8 Å². The normalized spacial score (nSPS) is 12.8. The highest BCUT2D eigenvalue weighted by Gasteiger charge is 2.13. The maximum absolute atomic E-state index is 6.10. The van der Waals surface area contributed by atoms with Crippen LogP contribution in [0.5, 0.6) is 0 Å². The van der Waals surface area contributed by atoms with E-state index in [1.165, 1.54) is 0 Å². The van der Waals surface area contributed by atoms with Gasteiger partial charge in [0.1, 0.15) is 0 Å². The van der Waals surface area contributed by atoms with Crippen LogP contribution in [0, 0.1) is 0 Å². The molecule has 1 heterocycles. The van der Waals surface area contributed by atoms with E-state index in [2.05, 4.69) is 18.0 Å². The third-order valence-corrected chi connectivity index (χ3v) is 4.52. The van der Waals surface area contributed by atoms with Crippen LogP contribution < -0.4 is 0 Å². The Morgan fingerprint density at radius 2 is 2.05 bits per heavy atom. The molecule has 1 nitrogen and oxygen atoms in total. The van der Waals surface area contributed by atoms with Gasteiger partial charge in [0.2, 0.25) is 0 Å². The van der Waals surface area contributed by atoms with Crippen molar-refractivity contribution in [1.29, 1.82) is 0 Å². The fourth-order valence-electron chi connectivity index (χ4n) is 1.95. The Labute approximate surface area is 143 Å². The van der Waals surface area contributed by atoms with Gasteiger partial charge in [-0.3, -0.25) is 0 Å². The molecule has 0 amide bonds. The number of thiazole rings is 1. The Balaban J connectivity index is 2.53. The van der Waals surface area contributed by atoms with Gasteiger partial charge in [-0.2, -0.15) is 0 Å². The minimum absolute atomic E-state index is 0.526. The molecule has 0 unspecified atom stereocenters. The van der Waals surface area contributed by atoms with E-state index < -0.39 is 0 Å². The molecule has 5 heteroatoms. The molecule has 0 atom stereocenters. The molecule has 0 aliphatic carbocycles. The van der Waals surface area contributed by atoms with Crippen LogP contribution in [0.1, 0.15) is 25.1 Å². The Morgan fingerprint density at radius 1 is 1.29 bits per heavy atom. The van der Waals surface area contributed by atoms with Crippen LogP contribution in [0.15, 0.2) is 40.9 Å². The summed E-state index contributed by atoms with van der Waals surface area (Å²) >= 11 is 19.7. The van der Waals surface area contributed by atoms with Crippen molar-refractivity contribution in [1.82, 2.24) is 4.98 Å². The largest absolute Gasteiger partial charge is 0.244 e. The summed E-state index contributed by atoms with van der Waals surface area (Å²) in [4.78, 5) is 5.55. The summed E-state index contributed by atoms with van der Waals surface area (Å²) < 4.78 is 0. The quantitative estimate of drug-likeness (QED) is 0.533. The van der Waals surface area contributed by atoms with Crippen LogP contribution in [0.3, 0.4) is 0 Å².